The number of carbonyl (C=O) groups is 1. The van der Waals surface area contributed by atoms with Crippen molar-refractivity contribution in [2.24, 2.45) is 0 Å². The van der Waals surface area contributed by atoms with Gasteiger partial charge in [0.1, 0.15) is 11.3 Å². The number of halogens is 1. The molecule has 1 heterocycles. The lowest BCUT2D eigenvalue weighted by molar-refractivity contribution is 0.0962. The highest BCUT2D eigenvalue weighted by molar-refractivity contribution is 7.91. The van der Waals surface area contributed by atoms with E-state index in [2.05, 4.69) is 15.8 Å². The maximum Gasteiger partial charge on any atom is 0.269 e. The van der Waals surface area contributed by atoms with Crippen LogP contribution in [0.2, 0.25) is 5.02 Å². The molecule has 27 heavy (non-hydrogen) atoms. The smallest absolute Gasteiger partial charge is 0.269 e. The number of rotatable bonds is 6. The van der Waals surface area contributed by atoms with Crippen molar-refractivity contribution in [1.82, 2.24) is 10.4 Å². The highest BCUT2D eigenvalue weighted by atomic mass is 35.5. The molecule has 7 nitrogen and oxygen atoms in total. The van der Waals surface area contributed by atoms with Crippen LogP contribution < -0.4 is 15.6 Å². The summed E-state index contributed by atoms with van der Waals surface area (Å²) < 4.78 is 29.9. The molecule has 0 atom stereocenters. The summed E-state index contributed by atoms with van der Waals surface area (Å²) in [4.78, 5) is 16.8. The third-order valence-corrected chi connectivity index (χ3v) is 6.96. The Labute approximate surface area is 165 Å². The normalized spacial score (nSPS) is 11.4. The first-order valence-electron chi connectivity index (χ1n) is 7.88. The largest absolute Gasteiger partial charge is 0.494 e. The van der Waals surface area contributed by atoms with Gasteiger partial charge in [0.15, 0.2) is 9.84 Å². The van der Waals surface area contributed by atoms with Crippen molar-refractivity contribution < 1.29 is 17.9 Å². The summed E-state index contributed by atoms with van der Waals surface area (Å²) in [5, 5.41) is 0.947. The van der Waals surface area contributed by atoms with E-state index >= 15 is 0 Å². The van der Waals surface area contributed by atoms with Gasteiger partial charge < -0.3 is 4.74 Å². The minimum Gasteiger partial charge on any atom is -0.494 e. The Balaban J connectivity index is 1.79. The number of anilines is 1. The van der Waals surface area contributed by atoms with Crippen LogP contribution in [0.5, 0.6) is 5.75 Å². The van der Waals surface area contributed by atoms with E-state index in [0.717, 1.165) is 4.70 Å². The Morgan fingerprint density at radius 3 is 2.78 bits per heavy atom. The van der Waals surface area contributed by atoms with Crippen molar-refractivity contribution >= 4 is 54.0 Å². The van der Waals surface area contributed by atoms with Gasteiger partial charge in [0.05, 0.1) is 27.5 Å². The number of nitrogens with one attached hydrogen (secondary N) is 2. The molecule has 0 fully saturated rings. The number of fused-ring (bicyclic) bond motifs is 1. The SMILES string of the molecule is CCS(=O)(=O)c1cccc(C(=O)NNc2nc3c(OC)ccc(Cl)c3s2)c1. The van der Waals surface area contributed by atoms with E-state index in [-0.39, 0.29) is 16.2 Å². The fraction of sp³-hybridized carbons (Fsp3) is 0.176. The van der Waals surface area contributed by atoms with Crippen LogP contribution in [0.4, 0.5) is 5.13 Å². The standard InChI is InChI=1S/C17H16ClN3O4S2/c1-3-27(23,24)11-6-4-5-10(9-11)16(22)20-21-17-19-14-13(25-2)8-7-12(18)15(14)26-17/h4-9H,3H2,1-2H3,(H,19,21)(H,20,22). The number of sulfone groups is 1. The van der Waals surface area contributed by atoms with Gasteiger partial charge in [0.25, 0.3) is 5.91 Å². The Morgan fingerprint density at radius 2 is 2.07 bits per heavy atom. The fourth-order valence-electron chi connectivity index (χ4n) is 2.35. The zero-order valence-corrected chi connectivity index (χ0v) is 16.8. The Kier molecular flexibility index (Phi) is 5.54. The highest BCUT2D eigenvalue weighted by Gasteiger charge is 2.16. The molecule has 3 aromatic rings. The second-order valence-electron chi connectivity index (χ2n) is 5.46. The van der Waals surface area contributed by atoms with Crippen LogP contribution in [0.25, 0.3) is 10.2 Å². The van der Waals surface area contributed by atoms with Crippen LogP contribution in [0.15, 0.2) is 41.3 Å². The number of hydrogen-bond donors (Lipinski definition) is 2. The average Bonchev–Trinajstić information content (AvgIpc) is 3.12. The minimum absolute atomic E-state index is 0.0371. The molecule has 1 aromatic heterocycles. The maximum absolute atomic E-state index is 12.3. The average molecular weight is 426 g/mol. The Bertz CT molecular complexity index is 1110. The van der Waals surface area contributed by atoms with Crippen LogP contribution in [0.1, 0.15) is 17.3 Å². The summed E-state index contributed by atoms with van der Waals surface area (Å²) in [7, 11) is -1.85. The van der Waals surface area contributed by atoms with E-state index in [0.29, 0.717) is 21.4 Å². The molecule has 0 aliphatic rings. The monoisotopic (exact) mass is 425 g/mol. The molecule has 0 saturated carbocycles. The van der Waals surface area contributed by atoms with E-state index in [1.807, 2.05) is 0 Å². The number of methoxy groups -OCH3 is 1. The molecule has 142 valence electrons. The number of aromatic nitrogens is 1. The predicted molar refractivity (Wildman–Crippen MR) is 106 cm³/mol. The van der Waals surface area contributed by atoms with Gasteiger partial charge >= 0.3 is 0 Å². The van der Waals surface area contributed by atoms with Crippen molar-refractivity contribution in [2.75, 3.05) is 18.3 Å². The van der Waals surface area contributed by atoms with Gasteiger partial charge in [-0.3, -0.25) is 15.6 Å². The van der Waals surface area contributed by atoms with Crippen LogP contribution in [-0.2, 0) is 9.84 Å². The lowest BCUT2D eigenvalue weighted by Gasteiger charge is -2.07. The van der Waals surface area contributed by atoms with E-state index in [1.54, 1.807) is 19.1 Å². The fourth-order valence-corrected chi connectivity index (χ4v) is 4.39. The van der Waals surface area contributed by atoms with Crippen molar-refractivity contribution in [3.8, 4) is 5.75 Å². The molecule has 0 aliphatic heterocycles. The first kappa shape index (κ1) is 19.4. The second kappa shape index (κ2) is 7.71. The van der Waals surface area contributed by atoms with Crippen molar-refractivity contribution in [1.29, 1.82) is 0 Å². The van der Waals surface area contributed by atoms with Gasteiger partial charge in [-0.05, 0) is 30.3 Å². The summed E-state index contributed by atoms with van der Waals surface area (Å²) in [5.41, 5.74) is 6.04. The number of hydrogen-bond acceptors (Lipinski definition) is 7. The number of amides is 1. The van der Waals surface area contributed by atoms with Crippen LogP contribution in [-0.4, -0.2) is 32.2 Å². The van der Waals surface area contributed by atoms with Crippen molar-refractivity contribution in [3.05, 3.63) is 47.0 Å². The zero-order valence-electron chi connectivity index (χ0n) is 14.4. The van der Waals surface area contributed by atoms with E-state index in [4.69, 9.17) is 16.3 Å². The quantitative estimate of drug-likeness (QED) is 0.586. The summed E-state index contributed by atoms with van der Waals surface area (Å²) >= 11 is 7.43. The molecule has 0 radical (unpaired) electrons. The molecule has 2 N–H and O–H groups in total. The van der Waals surface area contributed by atoms with Gasteiger partial charge in [0, 0.05) is 5.56 Å². The molecule has 0 aliphatic carbocycles. The lowest BCUT2D eigenvalue weighted by Crippen LogP contribution is -2.29. The van der Waals surface area contributed by atoms with Gasteiger partial charge in [-0.2, -0.15) is 0 Å². The molecular weight excluding hydrogens is 410 g/mol. The molecule has 2 aromatic carbocycles. The first-order chi connectivity index (χ1) is 12.9. The summed E-state index contributed by atoms with van der Waals surface area (Å²) in [6, 6.07) is 9.29. The van der Waals surface area contributed by atoms with E-state index in [1.165, 1.54) is 42.7 Å². The number of thiazole rings is 1. The number of carbonyl (C=O) groups excluding carboxylic acids is 1. The molecular formula is C17H16ClN3O4S2. The summed E-state index contributed by atoms with van der Waals surface area (Å²) in [6.45, 7) is 1.55. The molecule has 0 spiro atoms. The number of nitrogens with zero attached hydrogens (tertiary/aromatic N) is 1. The molecule has 3 rings (SSSR count). The first-order valence-corrected chi connectivity index (χ1v) is 10.7. The van der Waals surface area contributed by atoms with Gasteiger partial charge in [-0.15, -0.1) is 0 Å². The predicted octanol–water partition coefficient (Wildman–Crippen LogP) is 3.51. The molecule has 0 saturated heterocycles. The molecule has 0 bridgehead atoms. The lowest BCUT2D eigenvalue weighted by atomic mass is 10.2. The maximum atomic E-state index is 12.3. The van der Waals surface area contributed by atoms with Crippen LogP contribution in [0.3, 0.4) is 0 Å². The highest BCUT2D eigenvalue weighted by Crippen LogP contribution is 2.37. The topological polar surface area (TPSA) is 97.4 Å². The van der Waals surface area contributed by atoms with E-state index in [9.17, 15) is 13.2 Å². The van der Waals surface area contributed by atoms with E-state index < -0.39 is 15.7 Å². The zero-order chi connectivity index (χ0) is 19.6. The molecule has 10 heteroatoms. The van der Waals surface area contributed by atoms with Crippen LogP contribution >= 0.6 is 22.9 Å². The van der Waals surface area contributed by atoms with Gasteiger partial charge in [-0.1, -0.05) is 35.9 Å². The third kappa shape index (κ3) is 4.00. The number of hydrazine groups is 1. The summed E-state index contributed by atoms with van der Waals surface area (Å²) in [5.74, 6) is 0.0490. The Morgan fingerprint density at radius 1 is 1.30 bits per heavy atom. The summed E-state index contributed by atoms with van der Waals surface area (Å²) in [6.07, 6.45) is 0. The minimum atomic E-state index is -3.39. The van der Waals surface area contributed by atoms with Gasteiger partial charge in [0.2, 0.25) is 5.13 Å². The Hall–Kier alpha value is -2.36. The van der Waals surface area contributed by atoms with Crippen molar-refractivity contribution in [2.45, 2.75) is 11.8 Å². The molecule has 0 unspecified atom stereocenters. The number of ether oxygens (including phenoxy) is 1. The van der Waals surface area contributed by atoms with Crippen LogP contribution in [0, 0.1) is 0 Å². The number of benzene rings is 2. The van der Waals surface area contributed by atoms with Crippen molar-refractivity contribution in [3.63, 3.8) is 0 Å². The molecule has 1 amide bonds. The second-order valence-corrected chi connectivity index (χ2v) is 9.14. The van der Waals surface area contributed by atoms with Gasteiger partial charge in [-0.25, -0.2) is 13.4 Å². The third-order valence-electron chi connectivity index (χ3n) is 3.80.